The first-order valence-corrected chi connectivity index (χ1v) is 9.30. The molecule has 0 spiro atoms. The summed E-state index contributed by atoms with van der Waals surface area (Å²) in [5.74, 6) is 0.829. The van der Waals surface area contributed by atoms with E-state index < -0.39 is 0 Å². The number of benzene rings is 1. The van der Waals surface area contributed by atoms with Crippen LogP contribution >= 0.6 is 0 Å². The van der Waals surface area contributed by atoms with Gasteiger partial charge in [0.25, 0.3) is 0 Å². The quantitative estimate of drug-likeness (QED) is 0.488. The van der Waals surface area contributed by atoms with Crippen molar-refractivity contribution in [3.8, 4) is 5.75 Å². The number of para-hydroxylation sites is 1. The topological polar surface area (TPSA) is 38.8 Å². The van der Waals surface area contributed by atoms with Crippen molar-refractivity contribution in [1.29, 1.82) is 0 Å². The van der Waals surface area contributed by atoms with E-state index in [4.69, 9.17) is 9.47 Å². The predicted octanol–water partition coefficient (Wildman–Crippen LogP) is 5.27. The van der Waals surface area contributed by atoms with Crippen LogP contribution in [0.2, 0.25) is 0 Å². The van der Waals surface area contributed by atoms with E-state index in [1.807, 2.05) is 44.2 Å². The molecular formula is C20H33NO3. The van der Waals surface area contributed by atoms with E-state index in [-0.39, 0.29) is 12.2 Å². The summed E-state index contributed by atoms with van der Waals surface area (Å²) in [5, 5.41) is 0. The van der Waals surface area contributed by atoms with Gasteiger partial charge >= 0.3 is 6.09 Å². The number of carbonyl (C=O) groups excluding carboxylic acids is 1. The van der Waals surface area contributed by atoms with Gasteiger partial charge in [0.1, 0.15) is 18.5 Å². The van der Waals surface area contributed by atoms with Crippen molar-refractivity contribution in [2.24, 2.45) is 0 Å². The average molecular weight is 335 g/mol. The van der Waals surface area contributed by atoms with Gasteiger partial charge in [0.2, 0.25) is 0 Å². The monoisotopic (exact) mass is 335 g/mol. The lowest BCUT2D eigenvalue weighted by atomic mass is 10.1. The van der Waals surface area contributed by atoms with Crippen LogP contribution in [0.3, 0.4) is 0 Å². The highest BCUT2D eigenvalue weighted by molar-refractivity contribution is 5.67. The van der Waals surface area contributed by atoms with Crippen LogP contribution in [0.4, 0.5) is 4.79 Å². The molecule has 0 fully saturated rings. The molecule has 0 aliphatic carbocycles. The second-order valence-corrected chi connectivity index (χ2v) is 6.17. The van der Waals surface area contributed by atoms with Crippen molar-refractivity contribution in [2.45, 2.75) is 65.4 Å². The zero-order valence-corrected chi connectivity index (χ0v) is 15.5. The number of nitrogens with zero attached hydrogens (tertiary/aromatic N) is 1. The average Bonchev–Trinajstić information content (AvgIpc) is 2.60. The van der Waals surface area contributed by atoms with Gasteiger partial charge in [-0.3, -0.25) is 0 Å². The van der Waals surface area contributed by atoms with Gasteiger partial charge in [-0.15, -0.1) is 0 Å². The number of carbonyl (C=O) groups is 1. The summed E-state index contributed by atoms with van der Waals surface area (Å²) in [4.78, 5) is 14.1. The highest BCUT2D eigenvalue weighted by Crippen LogP contribution is 2.10. The second-order valence-electron chi connectivity index (χ2n) is 6.17. The molecule has 0 saturated carbocycles. The van der Waals surface area contributed by atoms with E-state index in [0.717, 1.165) is 31.6 Å². The summed E-state index contributed by atoms with van der Waals surface area (Å²) in [6, 6.07) is 9.69. The summed E-state index contributed by atoms with van der Waals surface area (Å²) in [6.07, 6.45) is 6.44. The molecule has 0 saturated heterocycles. The third-order valence-electron chi connectivity index (χ3n) is 4.04. The zero-order valence-electron chi connectivity index (χ0n) is 15.5. The molecule has 0 aliphatic rings. The number of unbranched alkanes of at least 4 members (excludes halogenated alkanes) is 4. The first-order chi connectivity index (χ1) is 11.7. The Labute approximate surface area is 147 Å². The second kappa shape index (κ2) is 12.7. The Bertz CT molecular complexity index is 436. The van der Waals surface area contributed by atoms with Gasteiger partial charge in [-0.1, -0.05) is 57.7 Å². The van der Waals surface area contributed by atoms with E-state index in [2.05, 4.69) is 6.92 Å². The van der Waals surface area contributed by atoms with E-state index in [0.29, 0.717) is 13.2 Å². The fraction of sp³-hybridized carbons (Fsp3) is 0.650. The van der Waals surface area contributed by atoms with Gasteiger partial charge < -0.3 is 14.4 Å². The highest BCUT2D eigenvalue weighted by Gasteiger charge is 2.17. The molecule has 1 aromatic rings. The van der Waals surface area contributed by atoms with Crippen molar-refractivity contribution < 1.29 is 14.3 Å². The van der Waals surface area contributed by atoms with Crippen molar-refractivity contribution in [3.63, 3.8) is 0 Å². The molecule has 1 rings (SSSR count). The molecule has 0 aromatic heterocycles. The Morgan fingerprint density at radius 2 is 1.75 bits per heavy atom. The number of rotatable bonds is 12. The molecule has 0 N–H and O–H groups in total. The maximum absolute atomic E-state index is 12.3. The Balaban J connectivity index is 2.41. The molecule has 4 heteroatoms. The maximum Gasteiger partial charge on any atom is 0.410 e. The third-order valence-corrected chi connectivity index (χ3v) is 4.04. The van der Waals surface area contributed by atoms with E-state index in [1.54, 1.807) is 4.90 Å². The van der Waals surface area contributed by atoms with Crippen molar-refractivity contribution in [3.05, 3.63) is 30.3 Å². The SMILES string of the molecule is CCCCCCCN(CCOc1ccccc1)C(=O)OC(C)CC. The maximum atomic E-state index is 12.3. The molecule has 0 radical (unpaired) electrons. The Morgan fingerprint density at radius 3 is 2.42 bits per heavy atom. The van der Waals surface area contributed by atoms with Crippen LogP contribution in [0.15, 0.2) is 30.3 Å². The van der Waals surface area contributed by atoms with Gasteiger partial charge in [-0.05, 0) is 31.9 Å². The number of hydrogen-bond donors (Lipinski definition) is 0. The van der Waals surface area contributed by atoms with Crippen LogP contribution < -0.4 is 4.74 Å². The van der Waals surface area contributed by atoms with Crippen LogP contribution in [0.1, 0.15) is 59.3 Å². The standard InChI is InChI=1S/C20H33NO3/c1-4-6-7-8-12-15-21(20(22)24-18(3)5-2)16-17-23-19-13-10-9-11-14-19/h9-11,13-14,18H,4-8,12,15-17H2,1-3H3. The summed E-state index contributed by atoms with van der Waals surface area (Å²) >= 11 is 0. The zero-order chi connectivity index (χ0) is 17.6. The summed E-state index contributed by atoms with van der Waals surface area (Å²) in [5.41, 5.74) is 0. The first kappa shape index (κ1) is 20.3. The molecular weight excluding hydrogens is 302 g/mol. The summed E-state index contributed by atoms with van der Waals surface area (Å²) in [6.45, 7) is 7.92. The lowest BCUT2D eigenvalue weighted by Gasteiger charge is -2.24. The molecule has 0 aliphatic heterocycles. The van der Waals surface area contributed by atoms with Crippen LogP contribution in [0, 0.1) is 0 Å². The lowest BCUT2D eigenvalue weighted by Crippen LogP contribution is -2.37. The molecule has 24 heavy (non-hydrogen) atoms. The normalized spacial score (nSPS) is 11.8. The van der Waals surface area contributed by atoms with Gasteiger partial charge in [-0.25, -0.2) is 4.79 Å². The van der Waals surface area contributed by atoms with Gasteiger partial charge in [-0.2, -0.15) is 0 Å². The highest BCUT2D eigenvalue weighted by atomic mass is 16.6. The Morgan fingerprint density at radius 1 is 1.04 bits per heavy atom. The molecule has 1 unspecified atom stereocenters. The van der Waals surface area contributed by atoms with Crippen LogP contribution in [0.5, 0.6) is 5.75 Å². The molecule has 4 nitrogen and oxygen atoms in total. The molecule has 0 heterocycles. The van der Waals surface area contributed by atoms with E-state index >= 15 is 0 Å². The van der Waals surface area contributed by atoms with Crippen LogP contribution in [0.25, 0.3) is 0 Å². The molecule has 1 aromatic carbocycles. The Kier molecular flexibility index (Phi) is 10.7. The molecule has 136 valence electrons. The fourth-order valence-electron chi connectivity index (χ4n) is 2.32. The van der Waals surface area contributed by atoms with Crippen molar-refractivity contribution in [2.75, 3.05) is 19.7 Å². The van der Waals surface area contributed by atoms with Crippen LogP contribution in [-0.4, -0.2) is 36.8 Å². The fourth-order valence-corrected chi connectivity index (χ4v) is 2.32. The largest absolute Gasteiger partial charge is 0.492 e. The first-order valence-electron chi connectivity index (χ1n) is 9.30. The minimum atomic E-state index is -0.225. The number of amides is 1. The van der Waals surface area contributed by atoms with Crippen molar-refractivity contribution >= 4 is 6.09 Å². The van der Waals surface area contributed by atoms with Crippen molar-refractivity contribution in [1.82, 2.24) is 4.90 Å². The predicted molar refractivity (Wildman–Crippen MR) is 98.5 cm³/mol. The molecule has 1 atom stereocenters. The molecule has 1 amide bonds. The number of hydrogen-bond acceptors (Lipinski definition) is 3. The third kappa shape index (κ3) is 8.80. The minimum Gasteiger partial charge on any atom is -0.492 e. The van der Waals surface area contributed by atoms with Gasteiger partial charge in [0, 0.05) is 6.54 Å². The van der Waals surface area contributed by atoms with E-state index in [1.165, 1.54) is 19.3 Å². The van der Waals surface area contributed by atoms with Gasteiger partial charge in [0.05, 0.1) is 6.54 Å². The summed E-state index contributed by atoms with van der Waals surface area (Å²) < 4.78 is 11.2. The molecule has 0 bridgehead atoms. The minimum absolute atomic E-state index is 0.0462. The van der Waals surface area contributed by atoms with E-state index in [9.17, 15) is 4.79 Å². The smallest absolute Gasteiger partial charge is 0.410 e. The lowest BCUT2D eigenvalue weighted by molar-refractivity contribution is 0.0637. The van der Waals surface area contributed by atoms with Crippen LogP contribution in [-0.2, 0) is 4.74 Å². The summed E-state index contributed by atoms with van der Waals surface area (Å²) in [7, 11) is 0. The Hall–Kier alpha value is -1.71. The van der Waals surface area contributed by atoms with Gasteiger partial charge in [0.15, 0.2) is 0 Å². The number of ether oxygens (including phenoxy) is 2.